The Morgan fingerprint density at radius 1 is 1.27 bits per heavy atom. The average molecular weight is 376 g/mol. The van der Waals surface area contributed by atoms with Gasteiger partial charge in [-0.1, -0.05) is 12.1 Å². The first kappa shape index (κ1) is 19.9. The molecule has 26 heavy (non-hydrogen) atoms. The molecule has 0 spiro atoms. The van der Waals surface area contributed by atoms with E-state index in [1.807, 2.05) is 29.2 Å². The molecule has 0 atom stereocenters. The van der Waals surface area contributed by atoms with Crippen LogP contribution in [0, 0.1) is 5.92 Å². The first-order valence-corrected chi connectivity index (χ1v) is 9.03. The highest BCUT2D eigenvalue weighted by molar-refractivity contribution is 7.80. The summed E-state index contributed by atoms with van der Waals surface area (Å²) in [4.78, 5) is 25.7. The van der Waals surface area contributed by atoms with E-state index in [9.17, 15) is 9.59 Å². The Morgan fingerprint density at radius 2 is 1.92 bits per heavy atom. The standard InChI is InChI=1S/C19H24N2O4S/c1-3-25-18(23)15-10-12-21(13-11-15)19(26)20-17(22)9-6-14-4-7-16(24-2)8-5-14/h4-9,15H,3,10-13H2,1-2H3,(H,20,22,26)/b9-6+. The second-order valence-electron chi connectivity index (χ2n) is 5.91. The van der Waals surface area contributed by atoms with E-state index in [0.717, 1.165) is 11.3 Å². The van der Waals surface area contributed by atoms with Gasteiger partial charge in [-0.05, 0) is 55.8 Å². The third-order valence-corrected chi connectivity index (χ3v) is 4.54. The van der Waals surface area contributed by atoms with Gasteiger partial charge in [-0.25, -0.2) is 0 Å². The zero-order valence-electron chi connectivity index (χ0n) is 15.1. The molecular weight excluding hydrogens is 352 g/mol. The van der Waals surface area contributed by atoms with Gasteiger partial charge in [0, 0.05) is 19.2 Å². The van der Waals surface area contributed by atoms with Crippen molar-refractivity contribution in [1.82, 2.24) is 10.2 Å². The number of nitrogens with one attached hydrogen (secondary N) is 1. The molecule has 0 aliphatic carbocycles. The fraction of sp³-hybridized carbons (Fsp3) is 0.421. The zero-order valence-corrected chi connectivity index (χ0v) is 15.9. The van der Waals surface area contributed by atoms with Crippen LogP contribution in [0.5, 0.6) is 5.75 Å². The molecule has 6 nitrogen and oxygen atoms in total. The van der Waals surface area contributed by atoms with Crippen molar-refractivity contribution in [2.45, 2.75) is 19.8 Å². The fourth-order valence-corrected chi connectivity index (χ4v) is 2.97. The highest BCUT2D eigenvalue weighted by Crippen LogP contribution is 2.18. The lowest BCUT2D eigenvalue weighted by atomic mass is 9.97. The normalized spacial score (nSPS) is 14.9. The number of rotatable bonds is 5. The third-order valence-electron chi connectivity index (χ3n) is 4.18. The maximum Gasteiger partial charge on any atom is 0.309 e. The number of carbonyl (C=O) groups is 2. The molecule has 0 saturated carbocycles. The predicted molar refractivity (Wildman–Crippen MR) is 104 cm³/mol. The van der Waals surface area contributed by atoms with Gasteiger partial charge >= 0.3 is 5.97 Å². The Hall–Kier alpha value is -2.41. The number of benzene rings is 1. The van der Waals surface area contributed by atoms with Crippen LogP contribution >= 0.6 is 12.2 Å². The number of methoxy groups -OCH3 is 1. The monoisotopic (exact) mass is 376 g/mol. The van der Waals surface area contributed by atoms with E-state index in [0.29, 0.717) is 37.7 Å². The van der Waals surface area contributed by atoms with Crippen molar-refractivity contribution >= 4 is 35.3 Å². The molecule has 0 aromatic heterocycles. The van der Waals surface area contributed by atoms with E-state index in [-0.39, 0.29) is 17.8 Å². The van der Waals surface area contributed by atoms with Crippen molar-refractivity contribution < 1.29 is 19.1 Å². The Bertz CT molecular complexity index is 665. The van der Waals surface area contributed by atoms with Gasteiger partial charge in [-0.15, -0.1) is 0 Å². The summed E-state index contributed by atoms with van der Waals surface area (Å²) in [6.45, 7) is 3.46. The fourth-order valence-electron chi connectivity index (χ4n) is 2.69. The van der Waals surface area contributed by atoms with Crippen LogP contribution < -0.4 is 10.1 Å². The molecular formula is C19H24N2O4S. The van der Waals surface area contributed by atoms with Crippen LogP contribution in [-0.4, -0.2) is 48.7 Å². The molecule has 7 heteroatoms. The molecule has 1 aliphatic heterocycles. The summed E-state index contributed by atoms with van der Waals surface area (Å²) in [6, 6.07) is 7.38. The Morgan fingerprint density at radius 3 is 2.50 bits per heavy atom. The highest BCUT2D eigenvalue weighted by atomic mass is 32.1. The number of carbonyl (C=O) groups excluding carboxylic acids is 2. The van der Waals surface area contributed by atoms with Crippen LogP contribution in [0.3, 0.4) is 0 Å². The summed E-state index contributed by atoms with van der Waals surface area (Å²) in [5, 5.41) is 3.09. The minimum Gasteiger partial charge on any atom is -0.497 e. The molecule has 1 fully saturated rings. The number of esters is 1. The number of nitrogens with zero attached hydrogens (tertiary/aromatic N) is 1. The minimum absolute atomic E-state index is 0.0836. The van der Waals surface area contributed by atoms with Gasteiger partial charge in [0.1, 0.15) is 5.75 Å². The van der Waals surface area contributed by atoms with Crippen molar-refractivity contribution in [3.63, 3.8) is 0 Å². The maximum absolute atomic E-state index is 12.0. The van der Waals surface area contributed by atoms with Crippen molar-refractivity contribution in [1.29, 1.82) is 0 Å². The molecule has 1 heterocycles. The van der Waals surface area contributed by atoms with Crippen LogP contribution in [0.2, 0.25) is 0 Å². The Balaban J connectivity index is 1.79. The van der Waals surface area contributed by atoms with Crippen LogP contribution in [-0.2, 0) is 14.3 Å². The summed E-state index contributed by atoms with van der Waals surface area (Å²) >= 11 is 5.30. The number of piperidine rings is 1. The summed E-state index contributed by atoms with van der Waals surface area (Å²) in [6.07, 6.45) is 4.51. The second kappa shape index (κ2) is 9.91. The number of hydrogen-bond acceptors (Lipinski definition) is 5. The quantitative estimate of drug-likeness (QED) is 0.483. The molecule has 2 rings (SSSR count). The average Bonchev–Trinajstić information content (AvgIpc) is 2.67. The first-order valence-electron chi connectivity index (χ1n) is 8.62. The lowest BCUT2D eigenvalue weighted by molar-refractivity contribution is -0.149. The van der Waals surface area contributed by atoms with Crippen molar-refractivity contribution in [2.24, 2.45) is 5.92 Å². The summed E-state index contributed by atoms with van der Waals surface area (Å²) in [5.41, 5.74) is 0.891. The van der Waals surface area contributed by atoms with Crippen LogP contribution in [0.1, 0.15) is 25.3 Å². The molecule has 0 radical (unpaired) electrons. The molecule has 0 bridgehead atoms. The topological polar surface area (TPSA) is 67.9 Å². The lowest BCUT2D eigenvalue weighted by Crippen LogP contribution is -2.46. The predicted octanol–water partition coefficient (Wildman–Crippen LogP) is 2.38. The van der Waals surface area contributed by atoms with Crippen LogP contribution in [0.4, 0.5) is 0 Å². The van der Waals surface area contributed by atoms with Gasteiger partial charge in [-0.2, -0.15) is 0 Å². The molecule has 0 unspecified atom stereocenters. The van der Waals surface area contributed by atoms with E-state index in [4.69, 9.17) is 21.7 Å². The van der Waals surface area contributed by atoms with Gasteiger partial charge in [0.05, 0.1) is 19.6 Å². The van der Waals surface area contributed by atoms with E-state index in [1.165, 1.54) is 6.08 Å². The van der Waals surface area contributed by atoms with E-state index in [2.05, 4.69) is 5.32 Å². The second-order valence-corrected chi connectivity index (χ2v) is 6.30. The SMILES string of the molecule is CCOC(=O)C1CCN(C(=S)NC(=O)/C=C/c2ccc(OC)cc2)CC1. The maximum atomic E-state index is 12.0. The smallest absolute Gasteiger partial charge is 0.309 e. The number of hydrogen-bond donors (Lipinski definition) is 1. The Kier molecular flexibility index (Phi) is 7.59. The first-order chi connectivity index (χ1) is 12.5. The summed E-state index contributed by atoms with van der Waals surface area (Å²) in [7, 11) is 1.61. The van der Waals surface area contributed by atoms with Gasteiger partial charge in [-0.3, -0.25) is 14.9 Å². The summed E-state index contributed by atoms with van der Waals surface area (Å²) < 4.78 is 10.1. The molecule has 1 amide bonds. The van der Waals surface area contributed by atoms with Crippen molar-refractivity contribution in [2.75, 3.05) is 26.8 Å². The highest BCUT2D eigenvalue weighted by Gasteiger charge is 2.27. The molecule has 1 aromatic rings. The van der Waals surface area contributed by atoms with Crippen molar-refractivity contribution in [3.8, 4) is 5.75 Å². The zero-order chi connectivity index (χ0) is 18.9. The molecule has 1 saturated heterocycles. The van der Waals surface area contributed by atoms with Crippen molar-refractivity contribution in [3.05, 3.63) is 35.9 Å². The number of likely N-dealkylation sites (tertiary alicyclic amines) is 1. The number of thiocarbonyl (C=S) groups is 1. The van der Waals surface area contributed by atoms with Gasteiger partial charge in [0.15, 0.2) is 5.11 Å². The summed E-state index contributed by atoms with van der Waals surface area (Å²) in [5.74, 6) is 0.251. The molecule has 1 aromatic carbocycles. The molecule has 140 valence electrons. The minimum atomic E-state index is -0.279. The van der Waals surface area contributed by atoms with Gasteiger partial charge in [0.2, 0.25) is 5.91 Å². The van der Waals surface area contributed by atoms with Gasteiger partial charge in [0.25, 0.3) is 0 Å². The largest absolute Gasteiger partial charge is 0.497 e. The molecule has 1 aliphatic rings. The van der Waals surface area contributed by atoms with Gasteiger partial charge < -0.3 is 14.4 Å². The van der Waals surface area contributed by atoms with E-state index < -0.39 is 0 Å². The Labute approximate surface area is 159 Å². The van der Waals surface area contributed by atoms with Crippen LogP contribution in [0.15, 0.2) is 30.3 Å². The third kappa shape index (κ3) is 5.84. The lowest BCUT2D eigenvalue weighted by Gasteiger charge is -2.32. The van der Waals surface area contributed by atoms with E-state index >= 15 is 0 Å². The number of ether oxygens (including phenoxy) is 2. The number of amides is 1. The molecule has 1 N–H and O–H groups in total. The van der Waals surface area contributed by atoms with Crippen LogP contribution in [0.25, 0.3) is 6.08 Å². The van der Waals surface area contributed by atoms with E-state index in [1.54, 1.807) is 20.1 Å².